The summed E-state index contributed by atoms with van der Waals surface area (Å²) in [6.07, 6.45) is 16.0. The Hall–Kier alpha value is -1.58. The molecule has 2 aliphatic rings. The van der Waals surface area contributed by atoms with Gasteiger partial charge in [-0.3, -0.25) is 4.79 Å². The summed E-state index contributed by atoms with van der Waals surface area (Å²) in [4.78, 5) is 12.5. The van der Waals surface area contributed by atoms with Crippen LogP contribution in [0.15, 0.2) is 12.1 Å². The summed E-state index contributed by atoms with van der Waals surface area (Å²) in [6.45, 7) is 4.37. The maximum atomic E-state index is 14.1. The zero-order valence-corrected chi connectivity index (χ0v) is 19.5. The normalized spacial score (nSPS) is 26.5. The number of rotatable bonds is 10. The first-order chi connectivity index (χ1) is 15.0. The molecule has 0 radical (unpaired) electrons. The van der Waals surface area contributed by atoms with Gasteiger partial charge in [0, 0.05) is 6.42 Å². The number of benzene rings is 1. The van der Waals surface area contributed by atoms with E-state index in [0.717, 1.165) is 30.6 Å². The zero-order valence-electron chi connectivity index (χ0n) is 19.5. The number of halogens is 1. The molecule has 1 aromatic rings. The Labute approximate surface area is 187 Å². The smallest absolute Gasteiger partial charge is 0.207 e. The highest BCUT2D eigenvalue weighted by atomic mass is 19.1. The van der Waals surface area contributed by atoms with Gasteiger partial charge < -0.3 is 9.84 Å². The Morgan fingerprint density at radius 1 is 0.968 bits per heavy atom. The van der Waals surface area contributed by atoms with Crippen LogP contribution in [0.5, 0.6) is 11.5 Å². The predicted molar refractivity (Wildman–Crippen MR) is 123 cm³/mol. The van der Waals surface area contributed by atoms with Crippen LogP contribution in [0, 0.1) is 29.5 Å². The van der Waals surface area contributed by atoms with Gasteiger partial charge in [0.2, 0.25) is 5.82 Å². The third kappa shape index (κ3) is 6.46. The second-order valence-electron chi connectivity index (χ2n) is 9.87. The first-order valence-electron chi connectivity index (χ1n) is 12.7. The molecule has 3 rings (SSSR count). The van der Waals surface area contributed by atoms with E-state index in [-0.39, 0.29) is 17.1 Å². The van der Waals surface area contributed by atoms with Crippen molar-refractivity contribution in [1.82, 2.24) is 0 Å². The molecular weight excluding hydrogens is 391 g/mol. The number of phenols is 1. The van der Waals surface area contributed by atoms with Gasteiger partial charge in [-0.25, -0.2) is 0 Å². The van der Waals surface area contributed by atoms with Crippen molar-refractivity contribution in [3.8, 4) is 11.5 Å². The van der Waals surface area contributed by atoms with Crippen LogP contribution in [0.2, 0.25) is 0 Å². The second kappa shape index (κ2) is 11.9. The molecule has 0 aliphatic heterocycles. The third-order valence-electron chi connectivity index (χ3n) is 7.84. The van der Waals surface area contributed by atoms with Crippen LogP contribution >= 0.6 is 0 Å². The molecule has 3 nitrogen and oxygen atoms in total. The average Bonchev–Trinajstić information content (AvgIpc) is 2.78. The van der Waals surface area contributed by atoms with E-state index in [9.17, 15) is 14.3 Å². The van der Waals surface area contributed by atoms with Gasteiger partial charge in [-0.05, 0) is 74.8 Å². The minimum Gasteiger partial charge on any atom is -0.504 e. The van der Waals surface area contributed by atoms with Crippen molar-refractivity contribution in [3.05, 3.63) is 23.5 Å². The lowest BCUT2D eigenvalue weighted by Gasteiger charge is -2.38. The number of carbonyl (C=O) groups excluding carboxylic acids is 1. The summed E-state index contributed by atoms with van der Waals surface area (Å²) in [5.74, 6) is 1.96. The molecular formula is C27H41FO3. The number of hydrogen-bond acceptors (Lipinski definition) is 3. The van der Waals surface area contributed by atoms with Crippen molar-refractivity contribution in [2.75, 3.05) is 6.61 Å². The Bertz CT molecular complexity index is 701. The predicted octanol–water partition coefficient (Wildman–Crippen LogP) is 7.70. The fourth-order valence-electron chi connectivity index (χ4n) is 6.03. The number of phenolic OH excluding ortho intramolecular Hbond substituents is 1. The molecule has 1 aromatic carbocycles. The van der Waals surface area contributed by atoms with Crippen molar-refractivity contribution in [1.29, 1.82) is 0 Å². The second-order valence-corrected chi connectivity index (χ2v) is 9.87. The molecule has 0 spiro atoms. The van der Waals surface area contributed by atoms with Gasteiger partial charge in [0.25, 0.3) is 0 Å². The van der Waals surface area contributed by atoms with E-state index >= 15 is 0 Å². The van der Waals surface area contributed by atoms with Gasteiger partial charge >= 0.3 is 0 Å². The number of Topliss-reactive ketones (excluding diaryl/α,β-unsaturated/α-hetero) is 1. The SMILES string of the molecule is CCCC1CCC(C2CCC(CCCC(=O)c3ccc(OCC)c(F)c3O)CC2)CC1. The molecule has 0 bridgehead atoms. The highest BCUT2D eigenvalue weighted by Gasteiger charge is 2.30. The highest BCUT2D eigenvalue weighted by Crippen LogP contribution is 2.43. The van der Waals surface area contributed by atoms with Crippen molar-refractivity contribution >= 4 is 5.78 Å². The van der Waals surface area contributed by atoms with Gasteiger partial charge in [0.15, 0.2) is 17.3 Å². The zero-order chi connectivity index (χ0) is 22.2. The molecule has 2 fully saturated rings. The molecule has 2 saturated carbocycles. The molecule has 0 heterocycles. The third-order valence-corrected chi connectivity index (χ3v) is 7.84. The van der Waals surface area contributed by atoms with Crippen LogP contribution in [0.1, 0.15) is 108 Å². The van der Waals surface area contributed by atoms with Gasteiger partial charge in [-0.2, -0.15) is 4.39 Å². The van der Waals surface area contributed by atoms with Crippen molar-refractivity contribution < 1.29 is 19.0 Å². The largest absolute Gasteiger partial charge is 0.504 e. The maximum absolute atomic E-state index is 14.1. The molecule has 31 heavy (non-hydrogen) atoms. The summed E-state index contributed by atoms with van der Waals surface area (Å²) in [5.41, 5.74) is 0.0725. The Morgan fingerprint density at radius 3 is 2.10 bits per heavy atom. The van der Waals surface area contributed by atoms with Crippen LogP contribution in [0.25, 0.3) is 0 Å². The number of ketones is 1. The number of aromatic hydroxyl groups is 1. The molecule has 0 saturated heterocycles. The number of carbonyl (C=O) groups is 1. The molecule has 0 atom stereocenters. The van der Waals surface area contributed by atoms with Gasteiger partial charge in [0.05, 0.1) is 12.2 Å². The minimum absolute atomic E-state index is 0.00726. The van der Waals surface area contributed by atoms with Crippen molar-refractivity contribution in [3.63, 3.8) is 0 Å². The van der Waals surface area contributed by atoms with Crippen LogP contribution in [0.3, 0.4) is 0 Å². The standard InChI is InChI=1S/C27H41FO3/c1-3-6-19-9-13-21(14-10-19)22-15-11-20(12-16-22)7-5-8-24(29)23-17-18-25(31-4-2)26(28)27(23)30/h17-22,30H,3-16H2,1-2H3. The lowest BCUT2D eigenvalue weighted by molar-refractivity contribution is 0.0969. The first kappa shape index (κ1) is 24.1. The minimum atomic E-state index is -0.838. The summed E-state index contributed by atoms with van der Waals surface area (Å²) in [6, 6.07) is 2.91. The van der Waals surface area contributed by atoms with Crippen LogP contribution in [0.4, 0.5) is 4.39 Å². The van der Waals surface area contributed by atoms with E-state index in [1.54, 1.807) is 6.92 Å². The molecule has 0 unspecified atom stereocenters. The van der Waals surface area contributed by atoms with Crippen molar-refractivity contribution in [2.45, 2.75) is 97.3 Å². The molecule has 0 amide bonds. The molecule has 2 aliphatic carbocycles. The highest BCUT2D eigenvalue weighted by molar-refractivity contribution is 5.98. The quantitative estimate of drug-likeness (QED) is 0.385. The maximum Gasteiger partial charge on any atom is 0.207 e. The van der Waals surface area contributed by atoms with Crippen LogP contribution in [-0.4, -0.2) is 17.5 Å². The fraction of sp³-hybridized carbons (Fsp3) is 0.741. The van der Waals surface area contributed by atoms with E-state index < -0.39 is 11.6 Å². The monoisotopic (exact) mass is 432 g/mol. The molecule has 1 N–H and O–H groups in total. The molecule has 174 valence electrons. The van der Waals surface area contributed by atoms with E-state index in [2.05, 4.69) is 6.92 Å². The van der Waals surface area contributed by atoms with E-state index in [1.165, 1.54) is 76.3 Å². The molecule has 4 heteroatoms. The van der Waals surface area contributed by atoms with Gasteiger partial charge in [-0.1, -0.05) is 51.9 Å². The number of ether oxygens (including phenoxy) is 1. The fourth-order valence-corrected chi connectivity index (χ4v) is 6.03. The van der Waals surface area contributed by atoms with Gasteiger partial charge in [0.1, 0.15) is 0 Å². The van der Waals surface area contributed by atoms with Crippen molar-refractivity contribution in [2.24, 2.45) is 23.7 Å². The van der Waals surface area contributed by atoms with E-state index in [4.69, 9.17) is 4.74 Å². The average molecular weight is 433 g/mol. The Morgan fingerprint density at radius 2 is 1.55 bits per heavy atom. The Kier molecular flexibility index (Phi) is 9.22. The van der Waals surface area contributed by atoms with Crippen LogP contribution < -0.4 is 4.74 Å². The van der Waals surface area contributed by atoms with Gasteiger partial charge in [-0.15, -0.1) is 0 Å². The van der Waals surface area contributed by atoms with E-state index in [0.29, 0.717) is 18.9 Å². The Balaban J connectivity index is 1.38. The molecule has 0 aromatic heterocycles. The van der Waals surface area contributed by atoms with E-state index in [1.807, 2.05) is 0 Å². The summed E-state index contributed by atoms with van der Waals surface area (Å²) >= 11 is 0. The summed E-state index contributed by atoms with van der Waals surface area (Å²) in [5, 5.41) is 10.0. The first-order valence-corrected chi connectivity index (χ1v) is 12.7. The number of hydrogen-bond donors (Lipinski definition) is 1. The summed E-state index contributed by atoms with van der Waals surface area (Å²) < 4.78 is 19.3. The topological polar surface area (TPSA) is 46.5 Å². The van der Waals surface area contributed by atoms with Crippen LogP contribution in [-0.2, 0) is 0 Å². The lowest BCUT2D eigenvalue weighted by Crippen LogP contribution is -2.25. The summed E-state index contributed by atoms with van der Waals surface area (Å²) in [7, 11) is 0. The lowest BCUT2D eigenvalue weighted by atomic mass is 9.68.